The van der Waals surface area contributed by atoms with Crippen LogP contribution in [0.25, 0.3) is 10.8 Å². The summed E-state index contributed by atoms with van der Waals surface area (Å²) in [5.74, 6) is 0.0118. The summed E-state index contributed by atoms with van der Waals surface area (Å²) in [5.41, 5.74) is 1.36. The van der Waals surface area contributed by atoms with Crippen LogP contribution in [0.15, 0.2) is 38.2 Å². The van der Waals surface area contributed by atoms with E-state index in [4.69, 9.17) is 4.42 Å². The van der Waals surface area contributed by atoms with E-state index < -0.39 is 5.76 Å². The van der Waals surface area contributed by atoms with E-state index in [-0.39, 0.29) is 0 Å². The molecule has 0 bridgehead atoms. The fourth-order valence-electron chi connectivity index (χ4n) is 2.51. The smallest absolute Gasteiger partial charge is 0.387 e. The predicted molar refractivity (Wildman–Crippen MR) is 82.5 cm³/mol. The molecule has 1 aliphatic rings. The maximum atomic E-state index is 11.9. The fraction of sp³-hybridized carbons (Fsp3) is 0.286. The summed E-state index contributed by atoms with van der Waals surface area (Å²) >= 11 is 3.33. The van der Waals surface area contributed by atoms with Crippen molar-refractivity contribution in [2.45, 2.75) is 19.6 Å². The van der Waals surface area contributed by atoms with Gasteiger partial charge in [0.2, 0.25) is 0 Å². The summed E-state index contributed by atoms with van der Waals surface area (Å²) in [6.45, 7) is 2.29. The number of thiophene rings is 2. The van der Waals surface area contributed by atoms with Gasteiger partial charge >= 0.3 is 5.76 Å². The van der Waals surface area contributed by atoms with Crippen LogP contribution in [0.3, 0.4) is 0 Å². The van der Waals surface area contributed by atoms with Gasteiger partial charge in [-0.2, -0.15) is 4.68 Å². The van der Waals surface area contributed by atoms with Crippen LogP contribution in [0.1, 0.15) is 10.4 Å². The molecule has 0 spiro atoms. The first-order chi connectivity index (χ1) is 10.3. The van der Waals surface area contributed by atoms with Gasteiger partial charge in [0.05, 0.1) is 4.88 Å². The van der Waals surface area contributed by atoms with Gasteiger partial charge in [-0.25, -0.2) is 4.79 Å². The summed E-state index contributed by atoms with van der Waals surface area (Å²) in [6.07, 6.45) is 1.04. The van der Waals surface area contributed by atoms with E-state index in [1.165, 1.54) is 26.5 Å². The van der Waals surface area contributed by atoms with Gasteiger partial charge < -0.3 is 4.42 Å². The molecule has 108 valence electrons. The first kappa shape index (κ1) is 13.0. The predicted octanol–water partition coefficient (Wildman–Crippen LogP) is 2.64. The largest absolute Gasteiger partial charge is 0.438 e. The van der Waals surface area contributed by atoms with Crippen LogP contribution in [-0.2, 0) is 19.6 Å². The van der Waals surface area contributed by atoms with Crippen molar-refractivity contribution in [1.82, 2.24) is 14.7 Å². The second kappa shape index (κ2) is 5.25. The standard InChI is InChI=1S/C14H13N3O2S2/c18-14-17(15-13(19-14)12-2-1-6-20-12)9-16-5-3-11-10(8-16)4-7-21-11/h1-2,4,6-7H,3,5,8-9H2. The van der Waals surface area contributed by atoms with Gasteiger partial charge in [-0.15, -0.1) is 27.8 Å². The lowest BCUT2D eigenvalue weighted by Gasteiger charge is -2.25. The number of nitrogens with zero attached hydrogens (tertiary/aromatic N) is 3. The summed E-state index contributed by atoms with van der Waals surface area (Å²) < 4.78 is 6.65. The molecule has 4 heterocycles. The fourth-order valence-corrected chi connectivity index (χ4v) is 4.05. The topological polar surface area (TPSA) is 51.3 Å². The van der Waals surface area contributed by atoms with Gasteiger partial charge in [0.15, 0.2) is 0 Å². The van der Waals surface area contributed by atoms with Gasteiger partial charge in [0.25, 0.3) is 5.89 Å². The van der Waals surface area contributed by atoms with Gasteiger partial charge in [-0.05, 0) is 34.9 Å². The van der Waals surface area contributed by atoms with Crippen molar-refractivity contribution in [2.24, 2.45) is 0 Å². The molecular weight excluding hydrogens is 306 g/mol. The SMILES string of the molecule is O=c1oc(-c2cccs2)nn1CN1CCc2sccc2C1. The lowest BCUT2D eigenvalue weighted by Crippen LogP contribution is -2.34. The Morgan fingerprint density at radius 2 is 2.24 bits per heavy atom. The maximum absolute atomic E-state index is 11.9. The van der Waals surface area contributed by atoms with E-state index in [0.717, 1.165) is 24.4 Å². The van der Waals surface area contributed by atoms with Crippen molar-refractivity contribution >= 4 is 22.7 Å². The molecule has 4 rings (SSSR count). The zero-order chi connectivity index (χ0) is 14.2. The van der Waals surface area contributed by atoms with E-state index in [9.17, 15) is 4.79 Å². The van der Waals surface area contributed by atoms with Crippen LogP contribution in [0.5, 0.6) is 0 Å². The van der Waals surface area contributed by atoms with E-state index in [1.54, 1.807) is 0 Å². The minimum absolute atomic E-state index is 0.394. The van der Waals surface area contributed by atoms with Crippen molar-refractivity contribution in [3.05, 3.63) is 50.0 Å². The molecule has 3 aromatic heterocycles. The first-order valence-corrected chi connectivity index (χ1v) is 8.45. The monoisotopic (exact) mass is 319 g/mol. The van der Waals surface area contributed by atoms with Crippen LogP contribution >= 0.6 is 22.7 Å². The summed E-state index contributed by atoms with van der Waals surface area (Å²) in [5, 5.41) is 8.37. The minimum Gasteiger partial charge on any atom is -0.387 e. The summed E-state index contributed by atoms with van der Waals surface area (Å²) in [7, 11) is 0. The Kier molecular flexibility index (Phi) is 3.25. The second-order valence-electron chi connectivity index (χ2n) is 4.96. The van der Waals surface area contributed by atoms with Gasteiger partial charge in [-0.3, -0.25) is 4.90 Å². The number of hydrogen-bond acceptors (Lipinski definition) is 6. The molecule has 0 N–H and O–H groups in total. The van der Waals surface area contributed by atoms with Gasteiger partial charge in [0.1, 0.15) is 6.67 Å². The zero-order valence-corrected chi connectivity index (χ0v) is 12.8. The highest BCUT2D eigenvalue weighted by Crippen LogP contribution is 2.24. The Morgan fingerprint density at radius 3 is 3.10 bits per heavy atom. The molecule has 0 aliphatic carbocycles. The molecule has 0 saturated carbocycles. The maximum Gasteiger partial charge on any atom is 0.438 e. The number of aromatic nitrogens is 2. The van der Waals surface area contributed by atoms with Crippen molar-refractivity contribution < 1.29 is 4.42 Å². The lowest BCUT2D eigenvalue weighted by atomic mass is 10.1. The molecule has 3 aromatic rings. The number of rotatable bonds is 3. The average molecular weight is 319 g/mol. The molecule has 0 saturated heterocycles. The number of fused-ring (bicyclic) bond motifs is 1. The minimum atomic E-state index is -0.394. The molecule has 0 atom stereocenters. The third-order valence-electron chi connectivity index (χ3n) is 3.56. The van der Waals surface area contributed by atoms with E-state index in [2.05, 4.69) is 21.4 Å². The first-order valence-electron chi connectivity index (χ1n) is 6.69. The third-order valence-corrected chi connectivity index (χ3v) is 5.44. The molecule has 0 fully saturated rings. The highest BCUT2D eigenvalue weighted by Gasteiger charge is 2.19. The average Bonchev–Trinajstić information content (AvgIpc) is 3.20. The van der Waals surface area contributed by atoms with Crippen LogP contribution in [0, 0.1) is 0 Å². The Bertz CT molecular complexity index is 800. The molecule has 0 radical (unpaired) electrons. The molecule has 0 unspecified atom stereocenters. The quantitative estimate of drug-likeness (QED) is 0.745. The molecule has 0 aromatic carbocycles. The highest BCUT2D eigenvalue weighted by atomic mass is 32.1. The van der Waals surface area contributed by atoms with Crippen LogP contribution < -0.4 is 5.76 Å². The summed E-state index contributed by atoms with van der Waals surface area (Å²) in [4.78, 5) is 16.5. The third kappa shape index (κ3) is 2.48. The molecule has 1 aliphatic heterocycles. The highest BCUT2D eigenvalue weighted by molar-refractivity contribution is 7.13. The van der Waals surface area contributed by atoms with E-state index in [0.29, 0.717) is 12.6 Å². The van der Waals surface area contributed by atoms with Crippen molar-refractivity contribution in [3.8, 4) is 10.8 Å². The zero-order valence-electron chi connectivity index (χ0n) is 11.2. The Labute approximate surface area is 129 Å². The van der Waals surface area contributed by atoms with Crippen LogP contribution in [0.2, 0.25) is 0 Å². The van der Waals surface area contributed by atoms with Crippen molar-refractivity contribution in [2.75, 3.05) is 6.54 Å². The Hall–Kier alpha value is -1.70. The Balaban J connectivity index is 1.54. The van der Waals surface area contributed by atoms with E-state index >= 15 is 0 Å². The summed E-state index contributed by atoms with van der Waals surface area (Å²) in [6, 6.07) is 5.98. The van der Waals surface area contributed by atoms with Crippen LogP contribution in [0.4, 0.5) is 0 Å². The molecule has 7 heteroatoms. The molecule has 5 nitrogen and oxygen atoms in total. The second-order valence-corrected chi connectivity index (χ2v) is 6.91. The lowest BCUT2D eigenvalue weighted by molar-refractivity contribution is 0.185. The van der Waals surface area contributed by atoms with Crippen molar-refractivity contribution in [3.63, 3.8) is 0 Å². The van der Waals surface area contributed by atoms with Crippen molar-refractivity contribution in [1.29, 1.82) is 0 Å². The molecular formula is C14H13N3O2S2. The molecule has 21 heavy (non-hydrogen) atoms. The van der Waals surface area contributed by atoms with E-state index in [1.807, 2.05) is 28.8 Å². The van der Waals surface area contributed by atoms with Gasteiger partial charge in [0, 0.05) is 18.0 Å². The number of hydrogen-bond donors (Lipinski definition) is 0. The van der Waals surface area contributed by atoms with Gasteiger partial charge in [-0.1, -0.05) is 6.07 Å². The van der Waals surface area contributed by atoms with Crippen LogP contribution in [-0.4, -0.2) is 21.2 Å². The molecule has 0 amide bonds. The Morgan fingerprint density at radius 1 is 1.29 bits per heavy atom. The normalized spacial score (nSPS) is 15.2.